The van der Waals surface area contributed by atoms with Crippen LogP contribution in [0.15, 0.2) is 18.2 Å². The second-order valence-electron chi connectivity index (χ2n) is 7.34. The summed E-state index contributed by atoms with van der Waals surface area (Å²) >= 11 is 5.60. The Kier molecular flexibility index (Phi) is 3.96. The second kappa shape index (κ2) is 5.60. The lowest BCUT2D eigenvalue weighted by Crippen LogP contribution is -2.25. The van der Waals surface area contributed by atoms with E-state index in [4.69, 9.17) is 12.2 Å². The fraction of sp³-hybridized carbons (Fsp3) is 0.611. The number of aromatic nitrogens is 2. The van der Waals surface area contributed by atoms with E-state index >= 15 is 0 Å². The van der Waals surface area contributed by atoms with Crippen LogP contribution in [-0.4, -0.2) is 9.55 Å². The van der Waals surface area contributed by atoms with Gasteiger partial charge < -0.3 is 9.55 Å². The minimum absolute atomic E-state index is 0.451. The summed E-state index contributed by atoms with van der Waals surface area (Å²) in [5.41, 5.74) is 4.17. The van der Waals surface area contributed by atoms with Gasteiger partial charge in [-0.05, 0) is 67.4 Å². The number of aryl methyl sites for hydroxylation is 1. The molecule has 1 fully saturated rings. The average Bonchev–Trinajstić information content (AvgIpc) is 2.95. The van der Waals surface area contributed by atoms with Gasteiger partial charge in [-0.15, -0.1) is 0 Å². The zero-order valence-corrected chi connectivity index (χ0v) is 14.2. The number of fused-ring (bicyclic) bond motifs is 1. The molecule has 1 N–H and O–H groups in total. The van der Waals surface area contributed by atoms with Crippen molar-refractivity contribution in [3.8, 4) is 0 Å². The van der Waals surface area contributed by atoms with E-state index in [1.54, 1.807) is 0 Å². The number of hydrogen-bond donors (Lipinski definition) is 1. The maximum Gasteiger partial charge on any atom is 0.178 e. The summed E-state index contributed by atoms with van der Waals surface area (Å²) in [7, 11) is 0. The zero-order valence-electron chi connectivity index (χ0n) is 13.4. The number of rotatable bonds is 4. The Morgan fingerprint density at radius 3 is 2.67 bits per heavy atom. The second-order valence-corrected chi connectivity index (χ2v) is 7.73. The lowest BCUT2D eigenvalue weighted by Gasteiger charge is -2.31. The molecule has 1 saturated carbocycles. The molecule has 2 aromatic rings. The van der Waals surface area contributed by atoms with Crippen molar-refractivity contribution in [3.63, 3.8) is 0 Å². The van der Waals surface area contributed by atoms with Gasteiger partial charge >= 0.3 is 0 Å². The van der Waals surface area contributed by atoms with Crippen molar-refractivity contribution in [2.75, 3.05) is 0 Å². The molecule has 1 aromatic heterocycles. The van der Waals surface area contributed by atoms with E-state index in [2.05, 4.69) is 48.5 Å². The fourth-order valence-electron chi connectivity index (χ4n) is 4.19. The topological polar surface area (TPSA) is 20.7 Å². The van der Waals surface area contributed by atoms with Gasteiger partial charge in [0.05, 0.1) is 11.0 Å². The van der Waals surface area contributed by atoms with Crippen LogP contribution in [0.4, 0.5) is 0 Å². The Morgan fingerprint density at radius 1 is 1.29 bits per heavy atom. The van der Waals surface area contributed by atoms with Crippen molar-refractivity contribution < 1.29 is 0 Å². The Bertz CT molecular complexity index is 687. The van der Waals surface area contributed by atoms with Gasteiger partial charge in [-0.2, -0.15) is 0 Å². The molecule has 3 rings (SSSR count). The van der Waals surface area contributed by atoms with Crippen LogP contribution in [-0.2, 0) is 6.54 Å². The largest absolute Gasteiger partial charge is 0.331 e. The summed E-state index contributed by atoms with van der Waals surface area (Å²) in [5.74, 6) is 0.754. The van der Waals surface area contributed by atoms with Crippen molar-refractivity contribution in [2.45, 2.75) is 59.4 Å². The highest BCUT2D eigenvalue weighted by molar-refractivity contribution is 7.71. The first-order valence-electron chi connectivity index (χ1n) is 8.18. The van der Waals surface area contributed by atoms with Gasteiger partial charge in [-0.3, -0.25) is 0 Å². The third-order valence-corrected chi connectivity index (χ3v) is 5.25. The highest BCUT2D eigenvalue weighted by atomic mass is 32.1. The van der Waals surface area contributed by atoms with Gasteiger partial charge in [0.1, 0.15) is 0 Å². The molecular weight excluding hydrogens is 276 g/mol. The van der Waals surface area contributed by atoms with Crippen molar-refractivity contribution in [3.05, 3.63) is 28.5 Å². The molecule has 1 aromatic carbocycles. The van der Waals surface area contributed by atoms with E-state index in [0.717, 1.165) is 17.2 Å². The number of imidazole rings is 1. The van der Waals surface area contributed by atoms with Crippen molar-refractivity contribution >= 4 is 23.3 Å². The highest BCUT2D eigenvalue weighted by Crippen LogP contribution is 2.45. The van der Waals surface area contributed by atoms with Crippen LogP contribution in [0, 0.1) is 23.0 Å². The first-order valence-corrected chi connectivity index (χ1v) is 8.59. The Hall–Kier alpha value is -1.09. The van der Waals surface area contributed by atoms with E-state index in [9.17, 15) is 0 Å². The van der Waals surface area contributed by atoms with Crippen LogP contribution in [0.3, 0.4) is 0 Å². The third-order valence-electron chi connectivity index (χ3n) is 4.93. The standard InChI is InChI=1S/C18H26N2S/c1-13(2)11-18(8-4-5-9-18)12-20-16-7-6-14(3)10-15(16)19-17(20)21/h6-7,10,13H,4-5,8-9,11-12H2,1-3H3,(H,19,21). The van der Waals surface area contributed by atoms with E-state index in [1.807, 2.05) is 0 Å². The van der Waals surface area contributed by atoms with Crippen LogP contribution < -0.4 is 0 Å². The van der Waals surface area contributed by atoms with Gasteiger partial charge in [0, 0.05) is 6.54 Å². The van der Waals surface area contributed by atoms with Crippen LogP contribution >= 0.6 is 12.2 Å². The SMILES string of the molecule is Cc1ccc2c(c1)[nH]c(=S)n2CC1(CC(C)C)CCCC1. The van der Waals surface area contributed by atoms with Crippen molar-refractivity contribution in [1.29, 1.82) is 0 Å². The lowest BCUT2D eigenvalue weighted by molar-refractivity contribution is 0.198. The first kappa shape index (κ1) is 14.8. The molecule has 1 heterocycles. The van der Waals surface area contributed by atoms with Gasteiger partial charge in [-0.1, -0.05) is 32.8 Å². The first-order chi connectivity index (χ1) is 9.99. The van der Waals surface area contributed by atoms with Crippen LogP contribution in [0.25, 0.3) is 11.0 Å². The van der Waals surface area contributed by atoms with E-state index in [-0.39, 0.29) is 0 Å². The maximum atomic E-state index is 5.60. The van der Waals surface area contributed by atoms with Crippen LogP contribution in [0.5, 0.6) is 0 Å². The summed E-state index contributed by atoms with van der Waals surface area (Å²) in [5, 5.41) is 0. The predicted molar refractivity (Wildman–Crippen MR) is 92.2 cm³/mol. The Labute approximate surface area is 132 Å². The third kappa shape index (κ3) is 2.94. The highest BCUT2D eigenvalue weighted by Gasteiger charge is 2.35. The molecule has 21 heavy (non-hydrogen) atoms. The molecule has 0 spiro atoms. The number of nitrogens with one attached hydrogen (secondary N) is 1. The predicted octanol–water partition coefficient (Wildman–Crippen LogP) is 5.61. The number of hydrogen-bond acceptors (Lipinski definition) is 1. The minimum atomic E-state index is 0.451. The van der Waals surface area contributed by atoms with Crippen molar-refractivity contribution in [2.24, 2.45) is 11.3 Å². The molecule has 0 aliphatic heterocycles. The van der Waals surface area contributed by atoms with Gasteiger partial charge in [0.15, 0.2) is 4.77 Å². The van der Waals surface area contributed by atoms with E-state index < -0.39 is 0 Å². The van der Waals surface area contributed by atoms with Gasteiger partial charge in [0.2, 0.25) is 0 Å². The summed E-state index contributed by atoms with van der Waals surface area (Å²) < 4.78 is 3.23. The molecular formula is C18H26N2S. The molecule has 0 radical (unpaired) electrons. The molecule has 114 valence electrons. The quantitative estimate of drug-likeness (QED) is 0.728. The molecule has 0 unspecified atom stereocenters. The number of nitrogens with zero attached hydrogens (tertiary/aromatic N) is 1. The normalized spacial score (nSPS) is 17.9. The zero-order chi connectivity index (χ0) is 15.0. The lowest BCUT2D eigenvalue weighted by atomic mass is 9.78. The molecule has 0 atom stereocenters. The monoisotopic (exact) mass is 302 g/mol. The number of H-pyrrole nitrogens is 1. The number of benzene rings is 1. The van der Waals surface area contributed by atoms with Gasteiger partial charge in [-0.25, -0.2) is 0 Å². The Balaban J connectivity index is 2.00. The summed E-state index contributed by atoms with van der Waals surface area (Å²) in [6, 6.07) is 6.60. The minimum Gasteiger partial charge on any atom is -0.331 e. The summed E-state index contributed by atoms with van der Waals surface area (Å²) in [6.45, 7) is 7.90. The molecule has 0 bridgehead atoms. The molecule has 0 amide bonds. The fourth-order valence-corrected chi connectivity index (χ4v) is 4.46. The van der Waals surface area contributed by atoms with Crippen LogP contribution in [0.1, 0.15) is 51.5 Å². The smallest absolute Gasteiger partial charge is 0.178 e. The number of aromatic amines is 1. The Morgan fingerprint density at radius 2 is 2.00 bits per heavy atom. The summed E-state index contributed by atoms with van der Waals surface area (Å²) in [4.78, 5) is 3.39. The van der Waals surface area contributed by atoms with Crippen molar-refractivity contribution in [1.82, 2.24) is 9.55 Å². The average molecular weight is 302 g/mol. The maximum absolute atomic E-state index is 5.60. The molecule has 3 heteroatoms. The molecule has 2 nitrogen and oxygen atoms in total. The molecule has 1 aliphatic carbocycles. The molecule has 1 aliphatic rings. The van der Waals surface area contributed by atoms with E-state index in [0.29, 0.717) is 5.41 Å². The van der Waals surface area contributed by atoms with E-state index in [1.165, 1.54) is 48.7 Å². The summed E-state index contributed by atoms with van der Waals surface area (Å²) in [6.07, 6.45) is 6.77. The van der Waals surface area contributed by atoms with Crippen LogP contribution in [0.2, 0.25) is 0 Å². The molecule has 0 saturated heterocycles. The van der Waals surface area contributed by atoms with Gasteiger partial charge in [0.25, 0.3) is 0 Å².